The number of rotatable bonds is 4. The fourth-order valence-electron chi connectivity index (χ4n) is 2.11. The molecule has 2 aromatic carbocycles. The second kappa shape index (κ2) is 6.17. The van der Waals surface area contributed by atoms with E-state index in [1.165, 1.54) is 18.2 Å². The summed E-state index contributed by atoms with van der Waals surface area (Å²) in [7, 11) is 0. The summed E-state index contributed by atoms with van der Waals surface area (Å²) in [4.78, 5) is 14.1. The van der Waals surface area contributed by atoms with Crippen LogP contribution in [-0.4, -0.2) is 27.6 Å². The number of hydrogen-bond acceptors (Lipinski definition) is 4. The summed E-state index contributed by atoms with van der Waals surface area (Å²) in [5, 5.41) is 19.0. The highest BCUT2D eigenvalue weighted by Gasteiger charge is 2.17. The smallest absolute Gasteiger partial charge is 0.254 e. The van der Waals surface area contributed by atoms with Crippen molar-refractivity contribution in [3.8, 4) is 11.5 Å². The Hall–Kier alpha value is -2.69. The number of benzene rings is 2. The maximum atomic E-state index is 12.5. The SMILES string of the molecule is CCN(Cc1ccccc1N)C(=O)c1cc(O)cc(O)c1. The lowest BCUT2D eigenvalue weighted by atomic mass is 10.1. The van der Waals surface area contributed by atoms with Gasteiger partial charge >= 0.3 is 0 Å². The van der Waals surface area contributed by atoms with E-state index in [4.69, 9.17) is 5.73 Å². The largest absolute Gasteiger partial charge is 0.508 e. The molecule has 0 fully saturated rings. The third kappa shape index (κ3) is 3.45. The minimum Gasteiger partial charge on any atom is -0.508 e. The topological polar surface area (TPSA) is 86.8 Å². The first-order chi connectivity index (χ1) is 10.0. The van der Waals surface area contributed by atoms with Gasteiger partial charge in [0.25, 0.3) is 5.91 Å². The average Bonchev–Trinajstić information content (AvgIpc) is 2.44. The molecule has 0 radical (unpaired) electrons. The molecule has 0 spiro atoms. The number of carbonyl (C=O) groups excluding carboxylic acids is 1. The Kier molecular flexibility index (Phi) is 4.33. The van der Waals surface area contributed by atoms with Crippen LogP contribution in [0, 0.1) is 0 Å². The van der Waals surface area contributed by atoms with Gasteiger partial charge in [-0.05, 0) is 30.7 Å². The molecule has 0 atom stereocenters. The number of amides is 1. The standard InChI is InChI=1S/C16H18N2O3/c1-2-18(10-11-5-3-4-6-15(11)17)16(21)12-7-13(19)9-14(20)8-12/h3-9,19-20H,2,10,17H2,1H3. The number of aromatic hydroxyl groups is 2. The van der Waals surface area contributed by atoms with Crippen molar-refractivity contribution in [3.63, 3.8) is 0 Å². The van der Waals surface area contributed by atoms with Crippen LogP contribution in [0.1, 0.15) is 22.8 Å². The lowest BCUT2D eigenvalue weighted by molar-refractivity contribution is 0.0752. The summed E-state index contributed by atoms with van der Waals surface area (Å²) in [5.41, 5.74) is 7.62. The molecule has 0 aromatic heterocycles. The Morgan fingerprint density at radius 3 is 2.33 bits per heavy atom. The second-order valence-corrected chi connectivity index (χ2v) is 4.76. The summed E-state index contributed by atoms with van der Waals surface area (Å²) in [6.45, 7) is 2.72. The molecule has 21 heavy (non-hydrogen) atoms. The van der Waals surface area contributed by atoms with Gasteiger partial charge in [-0.3, -0.25) is 4.79 Å². The lowest BCUT2D eigenvalue weighted by Crippen LogP contribution is -2.30. The van der Waals surface area contributed by atoms with Crippen molar-refractivity contribution in [2.75, 3.05) is 12.3 Å². The highest BCUT2D eigenvalue weighted by Crippen LogP contribution is 2.22. The van der Waals surface area contributed by atoms with Crippen LogP contribution in [0.15, 0.2) is 42.5 Å². The molecule has 0 aliphatic carbocycles. The van der Waals surface area contributed by atoms with Gasteiger partial charge in [0.15, 0.2) is 0 Å². The Labute approximate surface area is 123 Å². The quantitative estimate of drug-likeness (QED) is 0.753. The molecule has 1 amide bonds. The maximum absolute atomic E-state index is 12.5. The van der Waals surface area contributed by atoms with Crippen LogP contribution in [0.2, 0.25) is 0 Å². The minimum atomic E-state index is -0.271. The highest BCUT2D eigenvalue weighted by atomic mass is 16.3. The monoisotopic (exact) mass is 286 g/mol. The van der Waals surface area contributed by atoms with Gasteiger partial charge in [-0.2, -0.15) is 0 Å². The number of hydrogen-bond donors (Lipinski definition) is 3. The number of nitrogens with zero attached hydrogens (tertiary/aromatic N) is 1. The van der Waals surface area contributed by atoms with Gasteiger partial charge in [-0.25, -0.2) is 0 Å². The average molecular weight is 286 g/mol. The van der Waals surface area contributed by atoms with Crippen molar-refractivity contribution in [2.24, 2.45) is 0 Å². The fourth-order valence-corrected chi connectivity index (χ4v) is 2.11. The maximum Gasteiger partial charge on any atom is 0.254 e. The van der Waals surface area contributed by atoms with Gasteiger partial charge in [0, 0.05) is 30.4 Å². The van der Waals surface area contributed by atoms with Gasteiger partial charge < -0.3 is 20.8 Å². The molecule has 0 saturated heterocycles. The number of phenolic OH excluding ortho intramolecular Hbond substituents is 2. The predicted molar refractivity (Wildman–Crippen MR) is 81.0 cm³/mol. The zero-order valence-corrected chi connectivity index (χ0v) is 11.8. The van der Waals surface area contributed by atoms with Gasteiger partial charge in [-0.1, -0.05) is 18.2 Å². The Morgan fingerprint density at radius 2 is 1.76 bits per heavy atom. The van der Waals surface area contributed by atoms with Crippen molar-refractivity contribution in [1.82, 2.24) is 4.90 Å². The van der Waals surface area contributed by atoms with E-state index in [0.29, 0.717) is 18.8 Å². The van der Waals surface area contributed by atoms with Gasteiger partial charge in [0.1, 0.15) is 11.5 Å². The first-order valence-electron chi connectivity index (χ1n) is 6.67. The first kappa shape index (κ1) is 14.7. The number of nitrogens with two attached hydrogens (primary N) is 1. The van der Waals surface area contributed by atoms with E-state index in [0.717, 1.165) is 5.56 Å². The van der Waals surface area contributed by atoms with Crippen LogP contribution < -0.4 is 5.73 Å². The van der Waals surface area contributed by atoms with Gasteiger partial charge in [-0.15, -0.1) is 0 Å². The van der Waals surface area contributed by atoms with E-state index < -0.39 is 0 Å². The molecule has 4 N–H and O–H groups in total. The van der Waals surface area contributed by atoms with Crippen LogP contribution in [-0.2, 0) is 6.54 Å². The van der Waals surface area contributed by atoms with Gasteiger partial charge in [0.2, 0.25) is 0 Å². The van der Waals surface area contributed by atoms with Crippen molar-refractivity contribution in [3.05, 3.63) is 53.6 Å². The summed E-state index contributed by atoms with van der Waals surface area (Å²) in [5.74, 6) is -0.561. The van der Waals surface area contributed by atoms with E-state index in [2.05, 4.69) is 0 Å². The number of phenols is 2. The van der Waals surface area contributed by atoms with Crippen LogP contribution in [0.3, 0.4) is 0 Å². The Balaban J connectivity index is 2.24. The van der Waals surface area contributed by atoms with Crippen molar-refractivity contribution < 1.29 is 15.0 Å². The molecule has 5 heteroatoms. The molecule has 0 heterocycles. The molecule has 0 saturated carbocycles. The van der Waals surface area contributed by atoms with E-state index in [9.17, 15) is 15.0 Å². The number of carbonyl (C=O) groups is 1. The summed E-state index contributed by atoms with van der Waals surface area (Å²) in [6, 6.07) is 11.2. The molecule has 110 valence electrons. The zero-order chi connectivity index (χ0) is 15.4. The van der Waals surface area contributed by atoms with E-state index in [1.807, 2.05) is 25.1 Å². The number of para-hydroxylation sites is 1. The van der Waals surface area contributed by atoms with E-state index in [1.54, 1.807) is 11.0 Å². The normalized spacial score (nSPS) is 10.3. The molecule has 0 aliphatic heterocycles. The first-order valence-corrected chi connectivity index (χ1v) is 6.67. The van der Waals surface area contributed by atoms with E-state index in [-0.39, 0.29) is 23.0 Å². The number of nitrogen functional groups attached to an aromatic ring is 1. The zero-order valence-electron chi connectivity index (χ0n) is 11.8. The molecule has 0 aliphatic rings. The minimum absolute atomic E-state index is 0.145. The van der Waals surface area contributed by atoms with Crippen molar-refractivity contribution >= 4 is 11.6 Å². The molecular weight excluding hydrogens is 268 g/mol. The molecule has 2 aromatic rings. The van der Waals surface area contributed by atoms with Crippen molar-refractivity contribution in [2.45, 2.75) is 13.5 Å². The molecule has 5 nitrogen and oxygen atoms in total. The Bertz CT molecular complexity index is 635. The Morgan fingerprint density at radius 1 is 1.14 bits per heavy atom. The summed E-state index contributed by atoms with van der Waals surface area (Å²) >= 11 is 0. The van der Waals surface area contributed by atoms with Crippen molar-refractivity contribution in [1.29, 1.82) is 0 Å². The van der Waals surface area contributed by atoms with Gasteiger partial charge in [0.05, 0.1) is 0 Å². The third-order valence-corrected chi connectivity index (χ3v) is 3.23. The van der Waals surface area contributed by atoms with Crippen LogP contribution in [0.5, 0.6) is 11.5 Å². The summed E-state index contributed by atoms with van der Waals surface area (Å²) in [6.07, 6.45) is 0. The molecule has 2 rings (SSSR count). The van der Waals surface area contributed by atoms with E-state index >= 15 is 0 Å². The second-order valence-electron chi connectivity index (χ2n) is 4.76. The molecular formula is C16H18N2O3. The third-order valence-electron chi connectivity index (χ3n) is 3.23. The van der Waals surface area contributed by atoms with Crippen LogP contribution in [0.4, 0.5) is 5.69 Å². The molecule has 0 bridgehead atoms. The fraction of sp³-hybridized carbons (Fsp3) is 0.188. The highest BCUT2D eigenvalue weighted by molar-refractivity contribution is 5.95. The predicted octanol–water partition coefficient (Wildman–Crippen LogP) is 2.34. The molecule has 0 unspecified atom stereocenters. The summed E-state index contributed by atoms with van der Waals surface area (Å²) < 4.78 is 0. The van der Waals surface area contributed by atoms with Crippen LogP contribution in [0.25, 0.3) is 0 Å². The van der Waals surface area contributed by atoms with Crippen LogP contribution >= 0.6 is 0 Å². The number of anilines is 1. The lowest BCUT2D eigenvalue weighted by Gasteiger charge is -2.22.